The summed E-state index contributed by atoms with van der Waals surface area (Å²) in [5, 5.41) is 3.57. The Hall–Kier alpha value is -2.41. The number of hydrogen-bond acceptors (Lipinski definition) is 6. The van der Waals surface area contributed by atoms with E-state index in [0.717, 1.165) is 0 Å². The van der Waals surface area contributed by atoms with E-state index in [1.807, 2.05) is 0 Å². The Morgan fingerprint density at radius 1 is 1.39 bits per heavy atom. The maximum atomic E-state index is 14.4. The number of hydrogen-bond donors (Lipinski definition) is 1. The van der Waals surface area contributed by atoms with Crippen LogP contribution in [0.5, 0.6) is 5.75 Å². The van der Waals surface area contributed by atoms with Crippen molar-refractivity contribution in [3.8, 4) is 17.0 Å². The van der Waals surface area contributed by atoms with Gasteiger partial charge in [-0.25, -0.2) is 14.2 Å². The number of ether oxygens (including phenoxy) is 2. The van der Waals surface area contributed by atoms with E-state index in [4.69, 9.17) is 4.74 Å². The Labute approximate surface area is 137 Å². The van der Waals surface area contributed by atoms with Gasteiger partial charge in [0.1, 0.15) is 11.6 Å². The second kappa shape index (κ2) is 7.23. The van der Waals surface area contributed by atoms with E-state index < -0.39 is 11.8 Å². The molecule has 1 aromatic carbocycles. The number of nitrogens with zero attached hydrogens (tertiary/aromatic N) is 1. The van der Waals surface area contributed by atoms with Crippen LogP contribution in [0.1, 0.15) is 11.8 Å². The highest BCUT2D eigenvalue weighted by atomic mass is 32.1. The zero-order chi connectivity index (χ0) is 17.0. The van der Waals surface area contributed by atoms with Crippen molar-refractivity contribution in [1.29, 1.82) is 0 Å². The molecule has 2 rings (SSSR count). The molecule has 0 bridgehead atoms. The maximum absolute atomic E-state index is 14.4. The third kappa shape index (κ3) is 3.68. The molecule has 122 valence electrons. The Balaban J connectivity index is 2.56. The first-order valence-electron chi connectivity index (χ1n) is 6.79. The topological polar surface area (TPSA) is 60.5 Å². The highest BCUT2D eigenvalue weighted by Crippen LogP contribution is 2.37. The molecule has 0 saturated carbocycles. The molecule has 0 unspecified atom stereocenters. The Bertz CT molecular complexity index is 756. The zero-order valence-electron chi connectivity index (χ0n) is 13.3. The van der Waals surface area contributed by atoms with Gasteiger partial charge in [0, 0.05) is 24.8 Å². The predicted octanol–water partition coefficient (Wildman–Crippen LogP) is 3.58. The summed E-state index contributed by atoms with van der Waals surface area (Å²) in [5.74, 6) is -0.480. The lowest BCUT2D eigenvalue weighted by Gasteiger charge is -2.06. The van der Waals surface area contributed by atoms with Crippen molar-refractivity contribution in [2.75, 3.05) is 26.6 Å². The average molecular weight is 336 g/mol. The van der Waals surface area contributed by atoms with Gasteiger partial charge < -0.3 is 14.8 Å². The van der Waals surface area contributed by atoms with Crippen LogP contribution in [0, 0.1) is 5.82 Å². The molecule has 0 amide bonds. The van der Waals surface area contributed by atoms with E-state index in [1.165, 1.54) is 37.7 Å². The average Bonchev–Trinajstić information content (AvgIpc) is 2.98. The molecule has 7 heteroatoms. The van der Waals surface area contributed by atoms with Crippen molar-refractivity contribution in [2.24, 2.45) is 0 Å². The van der Waals surface area contributed by atoms with Gasteiger partial charge in [-0.3, -0.25) is 0 Å². The Morgan fingerprint density at radius 2 is 2.13 bits per heavy atom. The van der Waals surface area contributed by atoms with E-state index in [0.29, 0.717) is 32.6 Å². The number of rotatable bonds is 5. The summed E-state index contributed by atoms with van der Waals surface area (Å²) in [4.78, 5) is 16.6. The van der Waals surface area contributed by atoms with Gasteiger partial charge in [0.2, 0.25) is 0 Å². The molecule has 0 spiro atoms. The summed E-state index contributed by atoms with van der Waals surface area (Å²) < 4.78 is 24.0. The lowest BCUT2D eigenvalue weighted by atomic mass is 10.1. The molecule has 0 saturated heterocycles. The quantitative estimate of drug-likeness (QED) is 0.668. The number of nitrogens with one attached hydrogen (secondary N) is 1. The summed E-state index contributed by atoms with van der Waals surface area (Å²) in [6.07, 6.45) is 1.36. The molecule has 0 aliphatic rings. The molecule has 2 aromatic rings. The minimum absolute atomic E-state index is 0.344. The number of carbonyl (C=O) groups is 1. The molecule has 23 heavy (non-hydrogen) atoms. The van der Waals surface area contributed by atoms with Crippen LogP contribution in [0.25, 0.3) is 16.8 Å². The number of aromatic nitrogens is 1. The second-order valence-corrected chi connectivity index (χ2v) is 5.64. The zero-order valence-corrected chi connectivity index (χ0v) is 14.1. The molecule has 0 fully saturated rings. The fourth-order valence-corrected chi connectivity index (χ4v) is 2.90. The highest BCUT2D eigenvalue weighted by molar-refractivity contribution is 7.17. The van der Waals surface area contributed by atoms with Crippen LogP contribution in [0.15, 0.2) is 24.3 Å². The number of esters is 1. The van der Waals surface area contributed by atoms with Crippen molar-refractivity contribution in [3.63, 3.8) is 0 Å². The van der Waals surface area contributed by atoms with Crippen LogP contribution >= 0.6 is 11.3 Å². The van der Waals surface area contributed by atoms with Gasteiger partial charge in [0.25, 0.3) is 0 Å². The minimum atomic E-state index is -0.469. The van der Waals surface area contributed by atoms with E-state index in [1.54, 1.807) is 26.1 Å². The van der Waals surface area contributed by atoms with Gasteiger partial charge in [-0.2, -0.15) is 0 Å². The molecule has 0 aliphatic heterocycles. The van der Waals surface area contributed by atoms with E-state index in [9.17, 15) is 9.18 Å². The molecule has 0 aliphatic carbocycles. The monoisotopic (exact) mass is 336 g/mol. The van der Waals surface area contributed by atoms with Crippen LogP contribution in [0.4, 0.5) is 9.52 Å². The standard InChI is InChI=1S/C16H17FN2O3S/c1-9(7-13(20)22-4)15-14(19-16(18-2)23-15)11-6-5-10(21-3)8-12(11)17/h5-8H,1-4H3,(H,18,19)/b9-7+. The van der Waals surface area contributed by atoms with Crippen molar-refractivity contribution < 1.29 is 18.7 Å². The van der Waals surface area contributed by atoms with Crippen molar-refractivity contribution in [3.05, 3.63) is 35.0 Å². The van der Waals surface area contributed by atoms with Crippen LogP contribution in [0.3, 0.4) is 0 Å². The lowest BCUT2D eigenvalue weighted by Crippen LogP contribution is -1.96. The number of anilines is 1. The number of benzene rings is 1. The highest BCUT2D eigenvalue weighted by Gasteiger charge is 2.18. The first-order valence-corrected chi connectivity index (χ1v) is 7.61. The molecule has 0 atom stereocenters. The molecule has 1 heterocycles. The third-order valence-electron chi connectivity index (χ3n) is 3.17. The van der Waals surface area contributed by atoms with Gasteiger partial charge in [-0.15, -0.1) is 0 Å². The molecular formula is C16H17FN2O3S. The predicted molar refractivity (Wildman–Crippen MR) is 89.3 cm³/mol. The van der Waals surface area contributed by atoms with Crippen LogP contribution < -0.4 is 10.1 Å². The van der Waals surface area contributed by atoms with Crippen LogP contribution in [-0.2, 0) is 9.53 Å². The second-order valence-electron chi connectivity index (χ2n) is 4.64. The SMILES string of the molecule is CNc1nc(-c2ccc(OC)cc2F)c(/C(C)=C/C(=O)OC)s1. The minimum Gasteiger partial charge on any atom is -0.497 e. The summed E-state index contributed by atoms with van der Waals surface area (Å²) in [6, 6.07) is 4.58. The normalized spacial score (nSPS) is 11.3. The van der Waals surface area contributed by atoms with Crippen molar-refractivity contribution >= 4 is 28.0 Å². The summed E-state index contributed by atoms with van der Waals surface area (Å²) in [5.41, 5.74) is 1.47. The fraction of sp³-hybridized carbons (Fsp3) is 0.250. The summed E-state index contributed by atoms with van der Waals surface area (Å²) >= 11 is 1.34. The molecule has 0 radical (unpaired) electrons. The van der Waals surface area contributed by atoms with Gasteiger partial charge in [0.05, 0.1) is 24.8 Å². The van der Waals surface area contributed by atoms with Crippen LogP contribution in [-0.4, -0.2) is 32.2 Å². The number of thiazole rings is 1. The fourth-order valence-electron chi connectivity index (χ4n) is 1.99. The van der Waals surface area contributed by atoms with E-state index in [2.05, 4.69) is 15.0 Å². The third-order valence-corrected chi connectivity index (χ3v) is 4.37. The Morgan fingerprint density at radius 3 is 2.70 bits per heavy atom. The summed E-state index contributed by atoms with van der Waals surface area (Å²) in [6.45, 7) is 1.76. The number of allylic oxidation sites excluding steroid dienone is 1. The number of halogens is 1. The maximum Gasteiger partial charge on any atom is 0.330 e. The first kappa shape index (κ1) is 17.0. The molecule has 1 N–H and O–H groups in total. The van der Waals surface area contributed by atoms with Gasteiger partial charge in [-0.05, 0) is 24.6 Å². The first-order chi connectivity index (χ1) is 11.0. The smallest absolute Gasteiger partial charge is 0.330 e. The van der Waals surface area contributed by atoms with Gasteiger partial charge >= 0.3 is 5.97 Å². The molecule has 1 aromatic heterocycles. The summed E-state index contributed by atoms with van der Waals surface area (Å²) in [7, 11) is 4.52. The van der Waals surface area contributed by atoms with Crippen molar-refractivity contribution in [1.82, 2.24) is 4.98 Å². The number of carbonyl (C=O) groups excluding carboxylic acids is 1. The van der Waals surface area contributed by atoms with Gasteiger partial charge in [-0.1, -0.05) is 11.3 Å². The van der Waals surface area contributed by atoms with E-state index >= 15 is 0 Å². The molecule has 5 nitrogen and oxygen atoms in total. The largest absolute Gasteiger partial charge is 0.497 e. The Kier molecular flexibility index (Phi) is 5.33. The lowest BCUT2D eigenvalue weighted by molar-refractivity contribution is -0.134. The molecular weight excluding hydrogens is 319 g/mol. The van der Waals surface area contributed by atoms with E-state index in [-0.39, 0.29) is 0 Å². The number of methoxy groups -OCH3 is 2. The van der Waals surface area contributed by atoms with Gasteiger partial charge in [0.15, 0.2) is 5.13 Å². The van der Waals surface area contributed by atoms with Crippen molar-refractivity contribution in [2.45, 2.75) is 6.92 Å². The van der Waals surface area contributed by atoms with Crippen LogP contribution in [0.2, 0.25) is 0 Å².